The lowest BCUT2D eigenvalue weighted by Gasteiger charge is -2.20. The minimum Gasteiger partial charge on any atom is -0.393 e. The fraction of sp³-hybridized carbons (Fsp3) is 0.467. The predicted octanol–water partition coefficient (Wildman–Crippen LogP) is 2.30. The number of halogens is 1. The number of amides is 1. The van der Waals surface area contributed by atoms with Crippen molar-refractivity contribution in [2.75, 3.05) is 27.2 Å². The molecule has 0 saturated heterocycles. The molecule has 0 aliphatic carbocycles. The second-order valence-corrected chi connectivity index (χ2v) is 6.11. The maximum absolute atomic E-state index is 12.0. The van der Waals surface area contributed by atoms with Gasteiger partial charge in [0.2, 0.25) is 5.91 Å². The Morgan fingerprint density at radius 3 is 2.62 bits per heavy atom. The summed E-state index contributed by atoms with van der Waals surface area (Å²) in [6, 6.07) is 7.75. The molecule has 0 radical (unpaired) electrons. The molecule has 0 spiro atoms. The molecule has 2 N–H and O–H groups in total. The van der Waals surface area contributed by atoms with E-state index in [2.05, 4.69) is 4.90 Å². The standard InChI is InChI=1S/C15H22ClN3OS/c1-18(11-12-4-3-5-13(16)10-12)8-7-15(20)19(2)9-6-14(17)21/h3-5,10H,6-9,11H2,1-2H3,(H2,17,21). The van der Waals surface area contributed by atoms with Crippen LogP contribution in [0.1, 0.15) is 18.4 Å². The minimum atomic E-state index is 0.101. The first-order valence-electron chi connectivity index (χ1n) is 6.83. The van der Waals surface area contributed by atoms with Crippen LogP contribution in [0, 0.1) is 0 Å². The third-order valence-corrected chi connectivity index (χ3v) is 3.61. The quantitative estimate of drug-likeness (QED) is 0.744. The third-order valence-electron chi connectivity index (χ3n) is 3.17. The smallest absolute Gasteiger partial charge is 0.223 e. The summed E-state index contributed by atoms with van der Waals surface area (Å²) in [5.41, 5.74) is 6.57. The number of nitrogens with zero attached hydrogens (tertiary/aromatic N) is 2. The number of nitrogens with two attached hydrogens (primary N) is 1. The second kappa shape index (κ2) is 8.97. The minimum absolute atomic E-state index is 0.101. The van der Waals surface area contributed by atoms with Crippen molar-refractivity contribution in [1.29, 1.82) is 0 Å². The molecule has 0 unspecified atom stereocenters. The molecule has 1 aromatic carbocycles. The summed E-state index contributed by atoms with van der Waals surface area (Å²) in [5.74, 6) is 0.101. The maximum atomic E-state index is 12.0. The van der Waals surface area contributed by atoms with E-state index in [4.69, 9.17) is 29.6 Å². The van der Waals surface area contributed by atoms with Crippen molar-refractivity contribution >= 4 is 34.7 Å². The Kier molecular flexibility index (Phi) is 7.64. The zero-order valence-electron chi connectivity index (χ0n) is 12.5. The van der Waals surface area contributed by atoms with Crippen LogP contribution in [0.4, 0.5) is 0 Å². The summed E-state index contributed by atoms with van der Waals surface area (Å²) < 4.78 is 0. The van der Waals surface area contributed by atoms with Gasteiger partial charge in [0.05, 0.1) is 4.99 Å². The number of rotatable bonds is 8. The van der Waals surface area contributed by atoms with Gasteiger partial charge in [-0.3, -0.25) is 4.79 Å². The zero-order chi connectivity index (χ0) is 15.8. The Labute approximate surface area is 136 Å². The van der Waals surface area contributed by atoms with Gasteiger partial charge in [-0.2, -0.15) is 0 Å². The number of hydrogen-bond acceptors (Lipinski definition) is 3. The van der Waals surface area contributed by atoms with Crippen LogP contribution in [0.15, 0.2) is 24.3 Å². The number of carbonyl (C=O) groups is 1. The summed E-state index contributed by atoms with van der Waals surface area (Å²) in [4.78, 5) is 16.2. The average Bonchev–Trinajstić information content (AvgIpc) is 2.42. The SMILES string of the molecule is CN(CCC(=O)N(C)CCC(N)=S)Cc1cccc(Cl)c1. The van der Waals surface area contributed by atoms with Crippen molar-refractivity contribution in [1.82, 2.24) is 9.80 Å². The van der Waals surface area contributed by atoms with E-state index in [1.54, 1.807) is 11.9 Å². The monoisotopic (exact) mass is 327 g/mol. The van der Waals surface area contributed by atoms with E-state index in [0.717, 1.165) is 17.1 Å². The van der Waals surface area contributed by atoms with Crippen molar-refractivity contribution in [3.63, 3.8) is 0 Å². The number of hydrogen-bond donors (Lipinski definition) is 1. The molecule has 116 valence electrons. The van der Waals surface area contributed by atoms with Gasteiger partial charge in [0.15, 0.2) is 0 Å². The van der Waals surface area contributed by atoms with Crippen LogP contribution in [0.3, 0.4) is 0 Å². The molecule has 0 aliphatic rings. The largest absolute Gasteiger partial charge is 0.393 e. The van der Waals surface area contributed by atoms with Gasteiger partial charge in [-0.15, -0.1) is 0 Å². The van der Waals surface area contributed by atoms with E-state index >= 15 is 0 Å². The molecule has 1 aromatic rings. The first kappa shape index (κ1) is 17.9. The van der Waals surface area contributed by atoms with E-state index in [1.807, 2.05) is 31.3 Å². The molecule has 1 rings (SSSR count). The maximum Gasteiger partial charge on any atom is 0.223 e. The van der Waals surface area contributed by atoms with E-state index in [0.29, 0.717) is 30.9 Å². The molecular weight excluding hydrogens is 306 g/mol. The highest BCUT2D eigenvalue weighted by Gasteiger charge is 2.10. The Bertz CT molecular complexity index is 496. The molecule has 0 bridgehead atoms. The highest BCUT2D eigenvalue weighted by atomic mass is 35.5. The molecule has 1 amide bonds. The Morgan fingerprint density at radius 1 is 1.29 bits per heavy atom. The number of carbonyl (C=O) groups excluding carboxylic acids is 1. The van der Waals surface area contributed by atoms with E-state index in [-0.39, 0.29) is 5.91 Å². The summed E-state index contributed by atoms with van der Waals surface area (Å²) in [7, 11) is 3.76. The average molecular weight is 328 g/mol. The first-order valence-corrected chi connectivity index (χ1v) is 7.62. The van der Waals surface area contributed by atoms with Gasteiger partial charge in [-0.1, -0.05) is 36.0 Å². The highest BCUT2D eigenvalue weighted by Crippen LogP contribution is 2.12. The van der Waals surface area contributed by atoms with Crippen molar-refractivity contribution < 1.29 is 4.79 Å². The molecular formula is C15H22ClN3OS. The lowest BCUT2D eigenvalue weighted by molar-refractivity contribution is -0.130. The van der Waals surface area contributed by atoms with Gasteiger partial charge in [-0.25, -0.2) is 0 Å². The summed E-state index contributed by atoms with van der Waals surface area (Å²) >= 11 is 10.8. The fourth-order valence-electron chi connectivity index (χ4n) is 1.91. The Morgan fingerprint density at radius 2 is 2.00 bits per heavy atom. The number of thiocarbonyl (C=S) groups is 1. The molecule has 6 heteroatoms. The van der Waals surface area contributed by atoms with E-state index in [1.165, 1.54) is 0 Å². The summed E-state index contributed by atoms with van der Waals surface area (Å²) in [6.45, 7) is 2.04. The van der Waals surface area contributed by atoms with Gasteiger partial charge in [-0.05, 0) is 24.7 Å². The van der Waals surface area contributed by atoms with Crippen LogP contribution in [0.25, 0.3) is 0 Å². The normalized spacial score (nSPS) is 10.7. The van der Waals surface area contributed by atoms with Crippen LogP contribution in [-0.2, 0) is 11.3 Å². The van der Waals surface area contributed by atoms with Gasteiger partial charge in [0, 0.05) is 44.5 Å². The van der Waals surface area contributed by atoms with Crippen molar-refractivity contribution in [2.24, 2.45) is 5.73 Å². The molecule has 4 nitrogen and oxygen atoms in total. The summed E-state index contributed by atoms with van der Waals surface area (Å²) in [6.07, 6.45) is 1.04. The van der Waals surface area contributed by atoms with E-state index in [9.17, 15) is 4.79 Å². The van der Waals surface area contributed by atoms with Gasteiger partial charge in [0.1, 0.15) is 0 Å². The van der Waals surface area contributed by atoms with Gasteiger partial charge < -0.3 is 15.5 Å². The lowest BCUT2D eigenvalue weighted by Crippen LogP contribution is -2.32. The molecule has 0 saturated carbocycles. The topological polar surface area (TPSA) is 49.6 Å². The molecule has 21 heavy (non-hydrogen) atoms. The van der Waals surface area contributed by atoms with Gasteiger partial charge >= 0.3 is 0 Å². The third kappa shape index (κ3) is 7.41. The van der Waals surface area contributed by atoms with Gasteiger partial charge in [0.25, 0.3) is 0 Å². The van der Waals surface area contributed by atoms with Crippen LogP contribution < -0.4 is 5.73 Å². The molecule has 0 aromatic heterocycles. The van der Waals surface area contributed by atoms with Crippen LogP contribution in [0.5, 0.6) is 0 Å². The highest BCUT2D eigenvalue weighted by molar-refractivity contribution is 7.80. The van der Waals surface area contributed by atoms with Crippen LogP contribution in [-0.4, -0.2) is 47.9 Å². The molecule has 0 aliphatic heterocycles. The van der Waals surface area contributed by atoms with Crippen LogP contribution in [0.2, 0.25) is 5.02 Å². The van der Waals surface area contributed by atoms with Crippen molar-refractivity contribution in [3.05, 3.63) is 34.9 Å². The Balaban J connectivity index is 2.33. The fourth-order valence-corrected chi connectivity index (χ4v) is 2.21. The zero-order valence-corrected chi connectivity index (χ0v) is 14.1. The Hall–Kier alpha value is -1.17. The van der Waals surface area contributed by atoms with Crippen LogP contribution >= 0.6 is 23.8 Å². The molecule has 0 fully saturated rings. The molecule has 0 heterocycles. The van der Waals surface area contributed by atoms with E-state index < -0.39 is 0 Å². The first-order chi connectivity index (χ1) is 9.88. The summed E-state index contributed by atoms with van der Waals surface area (Å²) in [5, 5.41) is 0.731. The molecule has 0 atom stereocenters. The lowest BCUT2D eigenvalue weighted by atomic mass is 10.2. The number of benzene rings is 1. The van der Waals surface area contributed by atoms with Crippen molar-refractivity contribution in [2.45, 2.75) is 19.4 Å². The predicted molar refractivity (Wildman–Crippen MR) is 91.4 cm³/mol. The second-order valence-electron chi connectivity index (χ2n) is 5.15. The van der Waals surface area contributed by atoms with Crippen molar-refractivity contribution in [3.8, 4) is 0 Å².